The Labute approximate surface area is 164 Å². The number of nitrogens with one attached hydrogen (secondary N) is 1. The lowest BCUT2D eigenvalue weighted by Crippen LogP contribution is -2.38. The Morgan fingerprint density at radius 3 is 2.56 bits per heavy atom. The first-order valence-corrected chi connectivity index (χ1v) is 9.52. The van der Waals surface area contributed by atoms with Gasteiger partial charge in [-0.05, 0) is 48.7 Å². The van der Waals surface area contributed by atoms with Gasteiger partial charge in [0.25, 0.3) is 5.91 Å². The van der Waals surface area contributed by atoms with Crippen LogP contribution in [0.15, 0.2) is 42.5 Å². The maximum Gasteiger partial charge on any atom is 0.265 e. The minimum atomic E-state index is -0.124. The number of nitrogens with zero attached hydrogens (tertiary/aromatic N) is 1. The van der Waals surface area contributed by atoms with Crippen molar-refractivity contribution in [3.05, 3.63) is 53.1 Å². The Morgan fingerprint density at radius 2 is 1.89 bits per heavy atom. The van der Waals surface area contributed by atoms with Gasteiger partial charge in [-0.3, -0.25) is 9.59 Å². The van der Waals surface area contributed by atoms with E-state index in [1.54, 1.807) is 35.2 Å². The molecule has 1 aliphatic heterocycles. The second-order valence-corrected chi connectivity index (χ2v) is 7.02. The molecule has 0 radical (unpaired) electrons. The molecule has 2 aromatic carbocycles. The number of amides is 2. The summed E-state index contributed by atoms with van der Waals surface area (Å²) in [5.74, 6) is 0.473. The Morgan fingerprint density at radius 1 is 1.19 bits per heavy atom. The zero-order valence-electron chi connectivity index (χ0n) is 15.5. The van der Waals surface area contributed by atoms with E-state index in [0.29, 0.717) is 28.7 Å². The summed E-state index contributed by atoms with van der Waals surface area (Å²) in [5.41, 5.74) is 2.28. The van der Waals surface area contributed by atoms with Crippen LogP contribution >= 0.6 is 11.6 Å². The number of fused-ring (bicyclic) bond motifs is 1. The van der Waals surface area contributed by atoms with Crippen LogP contribution < -0.4 is 15.0 Å². The zero-order chi connectivity index (χ0) is 19.4. The van der Waals surface area contributed by atoms with E-state index in [4.69, 9.17) is 16.3 Å². The SMILES string of the molecule is CCC(CC)C(=O)Nc1ccc2c(c1)N(Cc1ccc(Cl)cc1)C(=O)CO2. The van der Waals surface area contributed by atoms with Gasteiger partial charge >= 0.3 is 0 Å². The molecule has 0 saturated heterocycles. The van der Waals surface area contributed by atoms with Gasteiger partial charge in [0.15, 0.2) is 6.61 Å². The highest BCUT2D eigenvalue weighted by Crippen LogP contribution is 2.35. The number of anilines is 2. The van der Waals surface area contributed by atoms with Crippen molar-refractivity contribution in [3.8, 4) is 5.75 Å². The first-order valence-electron chi connectivity index (χ1n) is 9.14. The van der Waals surface area contributed by atoms with Crippen LogP contribution in [0, 0.1) is 5.92 Å². The highest BCUT2D eigenvalue weighted by Gasteiger charge is 2.26. The van der Waals surface area contributed by atoms with Gasteiger partial charge in [-0.2, -0.15) is 0 Å². The van der Waals surface area contributed by atoms with Crippen molar-refractivity contribution < 1.29 is 14.3 Å². The zero-order valence-corrected chi connectivity index (χ0v) is 16.3. The molecule has 0 fully saturated rings. The molecular formula is C21H23ClN2O3. The molecule has 0 unspecified atom stereocenters. The summed E-state index contributed by atoms with van der Waals surface area (Å²) in [6.07, 6.45) is 1.58. The fraction of sp³-hybridized carbons (Fsp3) is 0.333. The second-order valence-electron chi connectivity index (χ2n) is 6.58. The summed E-state index contributed by atoms with van der Waals surface area (Å²) in [4.78, 5) is 26.5. The predicted octanol–water partition coefficient (Wildman–Crippen LogP) is 4.64. The standard InChI is InChI=1S/C21H23ClN2O3/c1-3-15(4-2)21(26)23-17-9-10-19-18(11-17)24(20(25)13-27-19)12-14-5-7-16(22)8-6-14/h5-11,15H,3-4,12-13H2,1-2H3,(H,23,26). The molecular weight excluding hydrogens is 364 g/mol. The van der Waals surface area contributed by atoms with E-state index in [1.807, 2.05) is 26.0 Å². The quantitative estimate of drug-likeness (QED) is 0.786. The highest BCUT2D eigenvalue weighted by molar-refractivity contribution is 6.30. The minimum Gasteiger partial charge on any atom is -0.482 e. The number of carbonyl (C=O) groups excluding carboxylic acids is 2. The Balaban J connectivity index is 1.85. The lowest BCUT2D eigenvalue weighted by molar-refractivity contribution is -0.121. The van der Waals surface area contributed by atoms with Crippen LogP contribution in [0.4, 0.5) is 11.4 Å². The van der Waals surface area contributed by atoms with E-state index in [0.717, 1.165) is 18.4 Å². The molecule has 2 aromatic rings. The summed E-state index contributed by atoms with van der Waals surface area (Å²) in [6.45, 7) is 4.41. The fourth-order valence-corrected chi connectivity index (χ4v) is 3.26. The maximum atomic E-state index is 12.5. The normalized spacial score (nSPS) is 13.3. The Bertz CT molecular complexity index is 832. The first kappa shape index (κ1) is 19.2. The van der Waals surface area contributed by atoms with Gasteiger partial charge in [0.1, 0.15) is 5.75 Å². The number of hydrogen-bond donors (Lipinski definition) is 1. The highest BCUT2D eigenvalue weighted by atomic mass is 35.5. The third kappa shape index (κ3) is 4.42. The van der Waals surface area contributed by atoms with Crippen LogP contribution in [0.1, 0.15) is 32.3 Å². The van der Waals surface area contributed by atoms with E-state index < -0.39 is 0 Å². The molecule has 5 nitrogen and oxygen atoms in total. The molecule has 0 bridgehead atoms. The predicted molar refractivity (Wildman–Crippen MR) is 107 cm³/mol. The van der Waals surface area contributed by atoms with Crippen LogP contribution in [-0.2, 0) is 16.1 Å². The molecule has 1 N–H and O–H groups in total. The van der Waals surface area contributed by atoms with E-state index >= 15 is 0 Å². The van der Waals surface area contributed by atoms with Crippen LogP contribution in [-0.4, -0.2) is 18.4 Å². The van der Waals surface area contributed by atoms with Gasteiger partial charge in [0.05, 0.1) is 12.2 Å². The molecule has 0 atom stereocenters. The van der Waals surface area contributed by atoms with Gasteiger partial charge in [-0.25, -0.2) is 0 Å². The lowest BCUT2D eigenvalue weighted by atomic mass is 10.0. The number of benzene rings is 2. The summed E-state index contributed by atoms with van der Waals surface area (Å²) in [7, 11) is 0. The molecule has 6 heteroatoms. The van der Waals surface area contributed by atoms with Gasteiger partial charge in [0.2, 0.25) is 5.91 Å². The molecule has 1 aliphatic rings. The smallest absolute Gasteiger partial charge is 0.265 e. The van der Waals surface area contributed by atoms with Gasteiger partial charge in [-0.15, -0.1) is 0 Å². The largest absolute Gasteiger partial charge is 0.482 e. The summed E-state index contributed by atoms with van der Waals surface area (Å²) in [6, 6.07) is 12.8. The van der Waals surface area contributed by atoms with Crippen LogP contribution in [0.5, 0.6) is 5.75 Å². The summed E-state index contributed by atoms with van der Waals surface area (Å²) >= 11 is 5.94. The van der Waals surface area contributed by atoms with Crippen LogP contribution in [0.3, 0.4) is 0 Å². The topological polar surface area (TPSA) is 58.6 Å². The third-order valence-corrected chi connectivity index (χ3v) is 5.03. The molecule has 0 saturated carbocycles. The van der Waals surface area contributed by atoms with Gasteiger partial charge in [0, 0.05) is 16.6 Å². The molecule has 1 heterocycles. The number of rotatable bonds is 6. The Kier molecular flexibility index (Phi) is 6.01. The molecule has 0 aliphatic carbocycles. The number of ether oxygens (including phenoxy) is 1. The van der Waals surface area contributed by atoms with E-state index in [2.05, 4.69) is 5.32 Å². The monoisotopic (exact) mass is 386 g/mol. The second kappa shape index (κ2) is 8.44. The van der Waals surface area contributed by atoms with Crippen molar-refractivity contribution in [2.24, 2.45) is 5.92 Å². The summed E-state index contributed by atoms with van der Waals surface area (Å²) < 4.78 is 5.55. The molecule has 2 amide bonds. The van der Waals surface area contributed by atoms with Crippen molar-refractivity contribution >= 4 is 34.8 Å². The lowest BCUT2D eigenvalue weighted by Gasteiger charge is -2.30. The van der Waals surface area contributed by atoms with Crippen molar-refractivity contribution in [2.45, 2.75) is 33.2 Å². The van der Waals surface area contributed by atoms with E-state index in [9.17, 15) is 9.59 Å². The number of halogens is 1. The van der Waals surface area contributed by atoms with Gasteiger partial charge in [-0.1, -0.05) is 37.6 Å². The average Bonchev–Trinajstić information content (AvgIpc) is 2.67. The molecule has 142 valence electrons. The first-order chi connectivity index (χ1) is 13.0. The average molecular weight is 387 g/mol. The van der Waals surface area contributed by atoms with Gasteiger partial charge < -0.3 is 15.0 Å². The van der Waals surface area contributed by atoms with Crippen LogP contribution in [0.2, 0.25) is 5.02 Å². The van der Waals surface area contributed by atoms with E-state index in [-0.39, 0.29) is 24.3 Å². The van der Waals surface area contributed by atoms with Crippen molar-refractivity contribution in [1.29, 1.82) is 0 Å². The number of carbonyl (C=O) groups is 2. The number of hydrogen-bond acceptors (Lipinski definition) is 3. The van der Waals surface area contributed by atoms with Crippen LogP contribution in [0.25, 0.3) is 0 Å². The van der Waals surface area contributed by atoms with Crippen molar-refractivity contribution in [1.82, 2.24) is 0 Å². The summed E-state index contributed by atoms with van der Waals surface area (Å²) in [5, 5.41) is 3.60. The van der Waals surface area contributed by atoms with Crippen molar-refractivity contribution in [2.75, 3.05) is 16.8 Å². The maximum absolute atomic E-state index is 12.5. The third-order valence-electron chi connectivity index (χ3n) is 4.78. The molecule has 3 rings (SSSR count). The van der Waals surface area contributed by atoms with E-state index in [1.165, 1.54) is 0 Å². The molecule has 0 aromatic heterocycles. The molecule has 27 heavy (non-hydrogen) atoms. The molecule has 0 spiro atoms. The van der Waals surface area contributed by atoms with Crippen molar-refractivity contribution in [3.63, 3.8) is 0 Å². The fourth-order valence-electron chi connectivity index (χ4n) is 3.13. The minimum absolute atomic E-state index is 0.0000387. The Hall–Kier alpha value is -2.53.